The smallest absolute Gasteiger partial charge is 0.416 e. The second kappa shape index (κ2) is 14.6. The van der Waals surface area contributed by atoms with Crippen LogP contribution in [0, 0.1) is 11.3 Å². The van der Waals surface area contributed by atoms with Crippen molar-refractivity contribution in [2.45, 2.75) is 57.5 Å². The van der Waals surface area contributed by atoms with Crippen molar-refractivity contribution in [1.29, 1.82) is 0 Å². The monoisotopic (exact) mass is 759 g/mol. The van der Waals surface area contributed by atoms with Crippen molar-refractivity contribution >= 4 is 40.6 Å². The molecule has 8 rings (SSSR count). The molecule has 3 aromatic carbocycles. The minimum atomic E-state index is -0.680. The fourth-order valence-electron chi connectivity index (χ4n) is 7.73. The van der Waals surface area contributed by atoms with Crippen molar-refractivity contribution in [1.82, 2.24) is 35.1 Å². The summed E-state index contributed by atoms with van der Waals surface area (Å²) >= 11 is 1.65. The molecule has 2 saturated heterocycles. The number of rotatable bonds is 9. The highest BCUT2D eigenvalue weighted by molar-refractivity contribution is 7.99. The van der Waals surface area contributed by atoms with Gasteiger partial charge in [0.25, 0.3) is 0 Å². The molecule has 3 atom stereocenters. The number of aromatic nitrogens is 4. The van der Waals surface area contributed by atoms with Crippen LogP contribution >= 0.6 is 11.8 Å². The Morgan fingerprint density at radius 3 is 2.35 bits per heavy atom. The van der Waals surface area contributed by atoms with E-state index in [0.29, 0.717) is 24.7 Å². The predicted molar refractivity (Wildman–Crippen MR) is 213 cm³/mol. The Morgan fingerprint density at radius 1 is 0.964 bits per heavy atom. The summed E-state index contributed by atoms with van der Waals surface area (Å²) in [6.07, 6.45) is 5.75. The molecule has 0 bridgehead atoms. The summed E-state index contributed by atoms with van der Waals surface area (Å²) in [6, 6.07) is 20.3. The first-order valence-corrected chi connectivity index (χ1v) is 19.7. The Bertz CT molecular complexity index is 2280. The summed E-state index contributed by atoms with van der Waals surface area (Å²) in [4.78, 5) is 58.5. The first-order chi connectivity index (χ1) is 26.5. The molecule has 5 aromatic rings. The van der Waals surface area contributed by atoms with E-state index in [9.17, 15) is 14.4 Å². The number of benzene rings is 3. The molecule has 0 radical (unpaired) electrons. The number of H-pyrrole nitrogens is 2. The van der Waals surface area contributed by atoms with Gasteiger partial charge in [0.2, 0.25) is 5.91 Å². The Balaban J connectivity index is 0.966. The number of hydrogen-bond donors (Lipinski definition) is 3. The number of nitrogens with zero attached hydrogens (tertiary/aromatic N) is 4. The molecule has 1 aliphatic carbocycles. The van der Waals surface area contributed by atoms with E-state index in [-0.39, 0.29) is 28.7 Å². The summed E-state index contributed by atoms with van der Waals surface area (Å²) in [5.74, 6) is 2.45. The molecule has 3 fully saturated rings. The zero-order chi connectivity index (χ0) is 38.4. The first-order valence-electron chi connectivity index (χ1n) is 18.7. The standard InChI is InChI=1S/C42H45N7O5S/c1-24(2)35(47-40(51)53-5)38(50)49-23-42(14-15-42)20-34(49)36-43-22-33(45-36)31-13-12-29-18-28(10-11-30(29)19-31)26-6-8-27(9-7-26)32-21-44-37(46-32)39-48(16-17-55-39)41(52)54-25(3)4/h6-13,18-19,21-22,24,34-35,39H,3,14-17,20,23H2,1-2,4-5H3,(H,43,45)(H,44,46)(H,47,51)/t34-,35-,39-/m0/s1. The van der Waals surface area contributed by atoms with Crippen LogP contribution in [0.4, 0.5) is 9.59 Å². The quantitative estimate of drug-likeness (QED) is 0.127. The molecule has 3 N–H and O–H groups in total. The van der Waals surface area contributed by atoms with Crippen LogP contribution in [0.25, 0.3) is 44.4 Å². The number of carbonyl (C=O) groups excluding carboxylic acids is 3. The molecule has 0 unspecified atom stereocenters. The van der Waals surface area contributed by atoms with E-state index in [4.69, 9.17) is 14.5 Å². The van der Waals surface area contributed by atoms with Crippen molar-refractivity contribution in [2.24, 2.45) is 11.3 Å². The molecule has 2 aliphatic heterocycles. The van der Waals surface area contributed by atoms with Crippen LogP contribution in [-0.2, 0) is 14.3 Å². The van der Waals surface area contributed by atoms with Crippen LogP contribution in [0.3, 0.4) is 0 Å². The Kier molecular flexibility index (Phi) is 9.66. The number of ether oxygens (including phenoxy) is 2. The zero-order valence-electron chi connectivity index (χ0n) is 31.4. The van der Waals surface area contributed by atoms with Crippen molar-refractivity contribution in [3.63, 3.8) is 0 Å². The number of carbonyl (C=O) groups is 3. The van der Waals surface area contributed by atoms with Gasteiger partial charge in [0.05, 0.1) is 36.5 Å². The van der Waals surface area contributed by atoms with Crippen LogP contribution in [-0.4, -0.2) is 79.8 Å². The van der Waals surface area contributed by atoms with Gasteiger partial charge < -0.3 is 29.7 Å². The van der Waals surface area contributed by atoms with Crippen molar-refractivity contribution in [2.75, 3.05) is 26.0 Å². The Morgan fingerprint density at radius 2 is 1.65 bits per heavy atom. The van der Waals surface area contributed by atoms with Crippen molar-refractivity contribution in [3.05, 3.63) is 97.0 Å². The number of nitrogens with one attached hydrogen (secondary N) is 3. The highest BCUT2D eigenvalue weighted by Crippen LogP contribution is 2.58. The molecule has 12 nitrogen and oxygen atoms in total. The second-order valence-electron chi connectivity index (χ2n) is 15.2. The van der Waals surface area contributed by atoms with E-state index >= 15 is 0 Å². The predicted octanol–water partition coefficient (Wildman–Crippen LogP) is 8.44. The topological polar surface area (TPSA) is 146 Å². The van der Waals surface area contributed by atoms with Gasteiger partial charge in [0.15, 0.2) is 0 Å². The number of likely N-dealkylation sites (tertiary alicyclic amines) is 1. The molecular formula is C42H45N7O5S. The van der Waals surface area contributed by atoms with Crippen LogP contribution in [0.2, 0.25) is 0 Å². The summed E-state index contributed by atoms with van der Waals surface area (Å²) in [5.41, 5.74) is 6.02. The molecule has 1 saturated carbocycles. The lowest BCUT2D eigenvalue weighted by atomic mass is 9.98. The van der Waals surface area contributed by atoms with Crippen LogP contribution < -0.4 is 5.32 Å². The van der Waals surface area contributed by atoms with Gasteiger partial charge in [-0.15, -0.1) is 11.8 Å². The van der Waals surface area contributed by atoms with Gasteiger partial charge in [0.1, 0.15) is 23.1 Å². The highest BCUT2D eigenvalue weighted by Gasteiger charge is 2.55. The van der Waals surface area contributed by atoms with Gasteiger partial charge in [-0.2, -0.15) is 0 Å². The van der Waals surface area contributed by atoms with Gasteiger partial charge in [-0.25, -0.2) is 19.6 Å². The molecule has 3 aliphatic rings. The number of imidazole rings is 2. The molecule has 55 heavy (non-hydrogen) atoms. The maximum absolute atomic E-state index is 13.9. The third kappa shape index (κ3) is 7.32. The van der Waals surface area contributed by atoms with Gasteiger partial charge in [-0.3, -0.25) is 9.69 Å². The van der Waals surface area contributed by atoms with E-state index in [1.165, 1.54) is 7.11 Å². The number of allylic oxidation sites excluding steroid dienone is 1. The van der Waals surface area contributed by atoms with E-state index in [1.807, 2.05) is 31.1 Å². The maximum Gasteiger partial charge on any atom is 0.416 e. The van der Waals surface area contributed by atoms with Crippen LogP contribution in [0.15, 0.2) is 85.4 Å². The van der Waals surface area contributed by atoms with E-state index in [0.717, 1.165) is 75.3 Å². The number of fused-ring (bicyclic) bond motifs is 1. The maximum atomic E-state index is 13.9. The average Bonchev–Trinajstić information content (AvgIpc) is 3.71. The van der Waals surface area contributed by atoms with E-state index < -0.39 is 18.2 Å². The van der Waals surface area contributed by atoms with E-state index in [1.54, 1.807) is 23.6 Å². The summed E-state index contributed by atoms with van der Waals surface area (Å²) in [7, 11) is 1.31. The molecular weight excluding hydrogens is 715 g/mol. The molecule has 4 heterocycles. The lowest BCUT2D eigenvalue weighted by Gasteiger charge is -2.30. The number of alkyl carbamates (subject to hydrolysis) is 1. The third-order valence-corrected chi connectivity index (χ3v) is 12.1. The minimum Gasteiger partial charge on any atom is -0.453 e. The Hall–Kier alpha value is -5.56. The van der Waals surface area contributed by atoms with Gasteiger partial charge in [-0.1, -0.05) is 69.0 Å². The number of amides is 3. The number of hydrogen-bond acceptors (Lipinski definition) is 8. The van der Waals surface area contributed by atoms with Crippen LogP contribution in [0.1, 0.15) is 63.1 Å². The lowest BCUT2D eigenvalue weighted by Crippen LogP contribution is -2.51. The molecule has 3 amide bonds. The summed E-state index contributed by atoms with van der Waals surface area (Å²) in [5, 5.41) is 4.72. The van der Waals surface area contributed by atoms with Crippen molar-refractivity contribution in [3.8, 4) is 33.6 Å². The largest absolute Gasteiger partial charge is 0.453 e. The molecule has 2 aromatic heterocycles. The second-order valence-corrected chi connectivity index (χ2v) is 16.4. The lowest BCUT2D eigenvalue weighted by molar-refractivity contribution is -0.135. The molecule has 13 heteroatoms. The third-order valence-electron chi connectivity index (χ3n) is 10.9. The highest BCUT2D eigenvalue weighted by atomic mass is 32.2. The first kappa shape index (κ1) is 36.4. The number of thioether (sulfide) groups is 1. The van der Waals surface area contributed by atoms with E-state index in [2.05, 4.69) is 87.5 Å². The Labute approximate surface area is 324 Å². The summed E-state index contributed by atoms with van der Waals surface area (Å²) in [6.45, 7) is 10.4. The zero-order valence-corrected chi connectivity index (χ0v) is 32.2. The normalized spacial score (nSPS) is 19.2. The summed E-state index contributed by atoms with van der Waals surface area (Å²) < 4.78 is 10.1. The number of methoxy groups -OCH3 is 1. The van der Waals surface area contributed by atoms with Crippen molar-refractivity contribution < 1.29 is 23.9 Å². The fourth-order valence-corrected chi connectivity index (χ4v) is 8.91. The average molecular weight is 760 g/mol. The molecule has 284 valence electrons. The SMILES string of the molecule is C=C(C)OC(=O)N1CCS[C@H]1c1ncc(-c2ccc(-c3ccc4cc(-c5c[nH]c([C@@H]6CC7(CC7)CN6C(=O)[C@@H](NC(=O)OC)C(C)C)n5)ccc4c3)cc2)[nH]1. The fraction of sp³-hybridized carbons (Fsp3) is 0.357. The van der Waals surface area contributed by atoms with Gasteiger partial charge >= 0.3 is 12.2 Å². The van der Waals surface area contributed by atoms with Crippen LogP contribution in [0.5, 0.6) is 0 Å². The van der Waals surface area contributed by atoms with Gasteiger partial charge in [-0.05, 0) is 77.1 Å². The minimum absolute atomic E-state index is 0.0979. The molecule has 1 spiro atoms. The number of aromatic amines is 2. The van der Waals surface area contributed by atoms with Gasteiger partial charge in [0, 0.05) is 30.6 Å².